The maximum Gasteiger partial charge on any atom is 0.573 e. The second kappa shape index (κ2) is 10.4. The molecule has 1 aliphatic heterocycles. The zero-order chi connectivity index (χ0) is 24.2. The van der Waals surface area contributed by atoms with Gasteiger partial charge in [-0.2, -0.15) is 4.98 Å². The van der Waals surface area contributed by atoms with Crippen molar-refractivity contribution in [3.63, 3.8) is 0 Å². The van der Waals surface area contributed by atoms with E-state index in [2.05, 4.69) is 20.0 Å². The number of anilines is 1. The number of carbonyl (C=O) groups is 1. The lowest BCUT2D eigenvalue weighted by Crippen LogP contribution is -2.33. The van der Waals surface area contributed by atoms with Crippen molar-refractivity contribution in [3.8, 4) is 11.6 Å². The molecule has 33 heavy (non-hydrogen) atoms. The molecule has 8 nitrogen and oxygen atoms in total. The van der Waals surface area contributed by atoms with Crippen LogP contribution in [0.5, 0.6) is 11.6 Å². The lowest BCUT2D eigenvalue weighted by atomic mass is 10.1. The van der Waals surface area contributed by atoms with Crippen LogP contribution in [0.3, 0.4) is 0 Å². The van der Waals surface area contributed by atoms with Crippen LogP contribution in [0.4, 0.5) is 23.5 Å². The number of amides is 1. The Balaban J connectivity index is 1.87. The minimum Gasteiger partial charge on any atom is -0.480 e. The molecule has 180 valence electrons. The summed E-state index contributed by atoms with van der Waals surface area (Å²) in [6, 6.07) is 1.90. The molecule has 1 saturated heterocycles. The predicted molar refractivity (Wildman–Crippen MR) is 110 cm³/mol. The highest BCUT2D eigenvalue weighted by Gasteiger charge is 2.33. The van der Waals surface area contributed by atoms with Gasteiger partial charge in [0.15, 0.2) is 17.3 Å². The van der Waals surface area contributed by atoms with Crippen LogP contribution in [0.1, 0.15) is 34.9 Å². The molecule has 2 heterocycles. The Labute approximate surface area is 191 Å². The van der Waals surface area contributed by atoms with Crippen LogP contribution in [0.2, 0.25) is 5.02 Å². The number of benzene rings is 1. The summed E-state index contributed by atoms with van der Waals surface area (Å²) in [5.74, 6) is -2.67. The number of methoxy groups -OCH3 is 2. The molecular weight excluding hydrogens is 472 g/mol. The van der Waals surface area contributed by atoms with Crippen LogP contribution in [-0.4, -0.2) is 56.2 Å². The summed E-state index contributed by atoms with van der Waals surface area (Å²) in [5.41, 5.74) is -0.0156. The number of hydrogen-bond acceptors (Lipinski definition) is 7. The van der Waals surface area contributed by atoms with Crippen molar-refractivity contribution < 1.29 is 36.6 Å². The lowest BCUT2D eigenvalue weighted by molar-refractivity contribution is -0.275. The Morgan fingerprint density at radius 3 is 2.52 bits per heavy atom. The summed E-state index contributed by atoms with van der Waals surface area (Å²) in [4.78, 5) is 23.4. The van der Waals surface area contributed by atoms with E-state index in [9.17, 15) is 22.4 Å². The predicted octanol–water partition coefficient (Wildman–Crippen LogP) is 3.89. The molecule has 1 aromatic heterocycles. The molecule has 1 fully saturated rings. The van der Waals surface area contributed by atoms with Crippen LogP contribution >= 0.6 is 11.6 Å². The van der Waals surface area contributed by atoms with Gasteiger partial charge in [0.2, 0.25) is 11.8 Å². The number of aromatic nitrogens is 2. The molecule has 2 aromatic rings. The number of rotatable bonds is 8. The van der Waals surface area contributed by atoms with Gasteiger partial charge in [-0.25, -0.2) is 9.37 Å². The van der Waals surface area contributed by atoms with E-state index < -0.39 is 29.9 Å². The largest absolute Gasteiger partial charge is 0.573 e. The van der Waals surface area contributed by atoms with Crippen LogP contribution in [0.15, 0.2) is 18.2 Å². The number of hydrogen-bond donors (Lipinski definition) is 1. The number of ether oxygens (including phenoxy) is 3. The van der Waals surface area contributed by atoms with Crippen LogP contribution < -0.4 is 19.7 Å². The molecule has 0 spiro atoms. The normalized spacial score (nSPS) is 14.8. The molecule has 1 atom stereocenters. The molecule has 3 rings (SSSR count). The Bertz CT molecular complexity index is 1000. The molecule has 0 aliphatic carbocycles. The van der Waals surface area contributed by atoms with Gasteiger partial charge >= 0.3 is 6.36 Å². The maximum atomic E-state index is 14.2. The van der Waals surface area contributed by atoms with Crippen molar-refractivity contribution in [1.29, 1.82) is 0 Å². The van der Waals surface area contributed by atoms with Crippen molar-refractivity contribution in [2.24, 2.45) is 0 Å². The first-order valence-electron chi connectivity index (χ1n) is 9.84. The smallest absolute Gasteiger partial charge is 0.480 e. The van der Waals surface area contributed by atoms with Gasteiger partial charge < -0.3 is 24.4 Å². The number of alkyl halides is 3. The van der Waals surface area contributed by atoms with Crippen LogP contribution in [0.25, 0.3) is 0 Å². The zero-order valence-corrected chi connectivity index (χ0v) is 18.5. The molecule has 0 unspecified atom stereocenters. The van der Waals surface area contributed by atoms with Gasteiger partial charge in [-0.15, -0.1) is 13.2 Å². The van der Waals surface area contributed by atoms with Crippen molar-refractivity contribution in [3.05, 3.63) is 40.3 Å². The lowest BCUT2D eigenvalue weighted by Gasteiger charge is -2.21. The third kappa shape index (κ3) is 6.14. The first-order chi connectivity index (χ1) is 15.6. The fourth-order valence-corrected chi connectivity index (χ4v) is 3.56. The van der Waals surface area contributed by atoms with E-state index in [0.29, 0.717) is 13.1 Å². The Morgan fingerprint density at radius 2 is 1.94 bits per heavy atom. The average Bonchev–Trinajstić information content (AvgIpc) is 3.29. The number of nitrogens with one attached hydrogen (secondary N) is 1. The van der Waals surface area contributed by atoms with E-state index in [1.807, 2.05) is 4.90 Å². The van der Waals surface area contributed by atoms with Gasteiger partial charge in [0.25, 0.3) is 5.91 Å². The Morgan fingerprint density at radius 1 is 1.24 bits per heavy atom. The average molecular weight is 493 g/mol. The number of carbonyl (C=O) groups excluding carboxylic acids is 1. The minimum absolute atomic E-state index is 0.0155. The van der Waals surface area contributed by atoms with Crippen LogP contribution in [0, 0.1) is 5.82 Å². The van der Waals surface area contributed by atoms with E-state index >= 15 is 0 Å². The van der Waals surface area contributed by atoms with Gasteiger partial charge in [0, 0.05) is 20.2 Å². The Kier molecular flexibility index (Phi) is 7.80. The van der Waals surface area contributed by atoms with Crippen molar-refractivity contribution >= 4 is 23.5 Å². The summed E-state index contributed by atoms with van der Waals surface area (Å²) < 4.78 is 65.3. The van der Waals surface area contributed by atoms with Gasteiger partial charge in [-0.05, 0) is 30.5 Å². The highest BCUT2D eigenvalue weighted by Crippen LogP contribution is 2.30. The molecule has 1 amide bonds. The second-order valence-electron chi connectivity index (χ2n) is 7.11. The fourth-order valence-electron chi connectivity index (χ4n) is 3.32. The van der Waals surface area contributed by atoms with E-state index in [-0.39, 0.29) is 34.7 Å². The topological polar surface area (TPSA) is 85.8 Å². The molecule has 13 heteroatoms. The molecule has 0 radical (unpaired) electrons. The second-order valence-corrected chi connectivity index (χ2v) is 7.49. The zero-order valence-electron chi connectivity index (χ0n) is 17.7. The number of nitrogens with zero attached hydrogens (tertiary/aromatic N) is 3. The van der Waals surface area contributed by atoms with Gasteiger partial charge in [0.1, 0.15) is 5.02 Å². The van der Waals surface area contributed by atoms with Crippen molar-refractivity contribution in [2.45, 2.75) is 25.2 Å². The monoisotopic (exact) mass is 492 g/mol. The fraction of sp³-hybridized carbons (Fsp3) is 0.450. The molecule has 1 aromatic carbocycles. The van der Waals surface area contributed by atoms with Gasteiger partial charge in [0.05, 0.1) is 19.8 Å². The van der Waals surface area contributed by atoms with E-state index in [1.54, 1.807) is 0 Å². The third-order valence-corrected chi connectivity index (χ3v) is 5.17. The van der Waals surface area contributed by atoms with Gasteiger partial charge in [-0.1, -0.05) is 17.7 Å². The standard InChI is InChI=1S/C20H21ClF4N4O4/c1-31-10-13(11-5-6-14(12(22)9-11)33-20(23,24)25)26-17(30)16-15(21)18(32-2)28-19(27-16)29-7-3-4-8-29/h5-6,9,13H,3-4,7-8,10H2,1-2H3,(H,26,30)/t13-/m1/s1. The maximum absolute atomic E-state index is 14.2. The molecule has 1 N–H and O–H groups in total. The van der Waals surface area contributed by atoms with Crippen LogP contribution in [-0.2, 0) is 4.74 Å². The molecule has 1 aliphatic rings. The van der Waals surface area contributed by atoms with Crippen molar-refractivity contribution in [1.82, 2.24) is 15.3 Å². The van der Waals surface area contributed by atoms with E-state index in [4.69, 9.17) is 21.1 Å². The molecular formula is C20H21ClF4N4O4. The molecule has 0 saturated carbocycles. The summed E-state index contributed by atoms with van der Waals surface area (Å²) in [5, 5.41) is 2.50. The summed E-state index contributed by atoms with van der Waals surface area (Å²) in [6.07, 6.45) is -3.14. The summed E-state index contributed by atoms with van der Waals surface area (Å²) in [6.45, 7) is 1.32. The molecule has 0 bridgehead atoms. The van der Waals surface area contributed by atoms with E-state index in [1.165, 1.54) is 20.3 Å². The first-order valence-corrected chi connectivity index (χ1v) is 10.2. The summed E-state index contributed by atoms with van der Waals surface area (Å²) >= 11 is 6.25. The minimum atomic E-state index is -5.04. The SMILES string of the molecule is COC[C@@H](NC(=O)c1nc(N2CCCC2)nc(OC)c1Cl)c1ccc(OC(F)(F)F)c(F)c1. The number of halogens is 5. The third-order valence-electron chi connectivity index (χ3n) is 4.83. The first kappa shape index (κ1) is 24.8. The van der Waals surface area contributed by atoms with Crippen molar-refractivity contribution in [2.75, 3.05) is 38.8 Å². The highest BCUT2D eigenvalue weighted by atomic mass is 35.5. The van der Waals surface area contributed by atoms with E-state index in [0.717, 1.165) is 25.0 Å². The summed E-state index contributed by atoms with van der Waals surface area (Å²) in [7, 11) is 2.70. The van der Waals surface area contributed by atoms with Gasteiger partial charge in [-0.3, -0.25) is 4.79 Å². The quantitative estimate of drug-likeness (QED) is 0.559. The Hall–Kier alpha value is -2.86. The highest BCUT2D eigenvalue weighted by molar-refractivity contribution is 6.34.